The number of nitrogens with one attached hydrogen (secondary N) is 1. The molecule has 0 spiro atoms. The Morgan fingerprint density at radius 1 is 1.53 bits per heavy atom. The Morgan fingerprint density at radius 3 is 3.00 bits per heavy atom. The minimum absolute atomic E-state index is 0.0793. The predicted octanol–water partition coefficient (Wildman–Crippen LogP) is 1.98. The van der Waals surface area contributed by atoms with Crippen LogP contribution in [0.1, 0.15) is 18.7 Å². The number of nitrogens with zero attached hydrogens (tertiary/aromatic N) is 1. The number of thiophene rings is 1. The van der Waals surface area contributed by atoms with Crippen LogP contribution in [-0.2, 0) is 16.6 Å². The van der Waals surface area contributed by atoms with Gasteiger partial charge in [-0.2, -0.15) is 16.1 Å². The van der Waals surface area contributed by atoms with Crippen LogP contribution in [0.25, 0.3) is 0 Å². The van der Waals surface area contributed by atoms with Gasteiger partial charge in [0, 0.05) is 35.5 Å². The van der Waals surface area contributed by atoms with Crippen molar-refractivity contribution in [3.63, 3.8) is 0 Å². The Morgan fingerprint density at radius 2 is 2.32 bits per heavy atom. The summed E-state index contributed by atoms with van der Waals surface area (Å²) in [4.78, 5) is 1.39. The molecule has 1 aliphatic rings. The zero-order valence-corrected chi connectivity index (χ0v) is 13.7. The van der Waals surface area contributed by atoms with Crippen molar-refractivity contribution in [2.75, 3.05) is 24.6 Å². The molecule has 0 bridgehead atoms. The number of hydrogen-bond acceptors (Lipinski definition) is 5. The molecule has 19 heavy (non-hydrogen) atoms. The minimum atomic E-state index is -3.34. The van der Waals surface area contributed by atoms with E-state index in [0.717, 1.165) is 22.9 Å². The number of rotatable bonds is 5. The molecule has 1 unspecified atom stereocenters. The second kappa shape index (κ2) is 6.58. The van der Waals surface area contributed by atoms with Crippen molar-refractivity contribution in [3.8, 4) is 0 Å². The molecule has 0 amide bonds. The summed E-state index contributed by atoms with van der Waals surface area (Å²) in [6.07, 6.45) is 0. The molecular formula is C12H20N2O2S3. The van der Waals surface area contributed by atoms with Gasteiger partial charge in [-0.15, -0.1) is 11.3 Å². The summed E-state index contributed by atoms with van der Waals surface area (Å²) in [7, 11) is -3.34. The molecular weight excluding hydrogens is 300 g/mol. The molecule has 1 aliphatic heterocycles. The second-order valence-electron chi connectivity index (χ2n) is 4.53. The monoisotopic (exact) mass is 320 g/mol. The zero-order valence-electron chi connectivity index (χ0n) is 11.3. The Balaban J connectivity index is 2.26. The first-order valence-corrected chi connectivity index (χ1v) is 9.91. The van der Waals surface area contributed by atoms with Crippen LogP contribution in [0.5, 0.6) is 0 Å². The highest BCUT2D eigenvalue weighted by Gasteiger charge is 2.33. The first kappa shape index (κ1) is 15.3. The second-order valence-corrected chi connectivity index (χ2v) is 8.54. The summed E-state index contributed by atoms with van der Waals surface area (Å²) in [5.74, 6) is 1.77. The molecule has 108 valence electrons. The maximum absolute atomic E-state index is 12.7. The van der Waals surface area contributed by atoms with Crippen molar-refractivity contribution < 1.29 is 8.42 Å². The van der Waals surface area contributed by atoms with E-state index in [1.807, 2.05) is 31.0 Å². The molecule has 7 heteroatoms. The topological polar surface area (TPSA) is 49.4 Å². The molecule has 0 saturated carbocycles. The Labute approximate surface area is 123 Å². The van der Waals surface area contributed by atoms with E-state index in [1.165, 1.54) is 11.3 Å². The van der Waals surface area contributed by atoms with E-state index < -0.39 is 10.0 Å². The highest BCUT2D eigenvalue weighted by atomic mass is 32.2. The molecule has 1 aromatic rings. The van der Waals surface area contributed by atoms with Crippen molar-refractivity contribution in [1.82, 2.24) is 9.62 Å². The van der Waals surface area contributed by atoms with Gasteiger partial charge in [-0.05, 0) is 24.9 Å². The largest absolute Gasteiger partial charge is 0.312 e. The van der Waals surface area contributed by atoms with Crippen molar-refractivity contribution >= 4 is 33.1 Å². The predicted molar refractivity (Wildman–Crippen MR) is 82.4 cm³/mol. The molecule has 4 nitrogen and oxygen atoms in total. The van der Waals surface area contributed by atoms with Crippen LogP contribution in [0.4, 0.5) is 0 Å². The van der Waals surface area contributed by atoms with Crippen LogP contribution in [0.3, 0.4) is 0 Å². The summed E-state index contributed by atoms with van der Waals surface area (Å²) < 4.78 is 27.1. The van der Waals surface area contributed by atoms with Crippen LogP contribution < -0.4 is 5.32 Å². The van der Waals surface area contributed by atoms with E-state index in [0.29, 0.717) is 18.0 Å². The highest BCUT2D eigenvalue weighted by molar-refractivity contribution is 7.99. The van der Waals surface area contributed by atoms with Gasteiger partial charge in [0.1, 0.15) is 0 Å². The van der Waals surface area contributed by atoms with Crippen LogP contribution in [-0.4, -0.2) is 43.4 Å². The van der Waals surface area contributed by atoms with Gasteiger partial charge < -0.3 is 5.32 Å². The highest BCUT2D eigenvalue weighted by Crippen LogP contribution is 2.29. The van der Waals surface area contributed by atoms with Gasteiger partial charge in [0.25, 0.3) is 0 Å². The first-order chi connectivity index (χ1) is 9.07. The zero-order chi connectivity index (χ0) is 13.9. The minimum Gasteiger partial charge on any atom is -0.312 e. The fourth-order valence-corrected chi connectivity index (χ4v) is 6.36. The molecule has 2 rings (SSSR count). The molecule has 0 aliphatic carbocycles. The molecule has 1 aromatic heterocycles. The smallest absolute Gasteiger partial charge is 0.244 e. The fourth-order valence-electron chi connectivity index (χ4n) is 2.12. The van der Waals surface area contributed by atoms with Crippen molar-refractivity contribution in [3.05, 3.63) is 16.3 Å². The van der Waals surface area contributed by atoms with E-state index in [1.54, 1.807) is 10.4 Å². The Kier molecular flexibility index (Phi) is 5.30. The molecule has 2 heterocycles. The normalized spacial score (nSPS) is 21.7. The van der Waals surface area contributed by atoms with Crippen LogP contribution in [0.2, 0.25) is 0 Å². The molecule has 1 fully saturated rings. The van der Waals surface area contributed by atoms with Crippen molar-refractivity contribution in [2.45, 2.75) is 31.3 Å². The third-order valence-corrected chi connectivity index (χ3v) is 7.47. The Hall–Kier alpha value is -0.0800. The first-order valence-electron chi connectivity index (χ1n) is 6.44. The lowest BCUT2D eigenvalue weighted by Crippen LogP contribution is -2.44. The third-order valence-electron chi connectivity index (χ3n) is 3.13. The van der Waals surface area contributed by atoms with Gasteiger partial charge >= 0.3 is 0 Å². The average molecular weight is 321 g/mol. The lowest BCUT2D eigenvalue weighted by Gasteiger charge is -2.32. The summed E-state index contributed by atoms with van der Waals surface area (Å²) in [6, 6.07) is 1.82. The van der Waals surface area contributed by atoms with Crippen LogP contribution in [0.15, 0.2) is 16.3 Å². The number of sulfonamides is 1. The van der Waals surface area contributed by atoms with E-state index in [2.05, 4.69) is 5.32 Å². The molecule has 1 saturated heterocycles. The summed E-state index contributed by atoms with van der Waals surface area (Å²) in [6.45, 7) is 6.09. The summed E-state index contributed by atoms with van der Waals surface area (Å²) in [5.41, 5.74) is 0. The number of thioether (sulfide) groups is 1. The third kappa shape index (κ3) is 3.33. The fraction of sp³-hybridized carbons (Fsp3) is 0.667. The van der Waals surface area contributed by atoms with E-state index in [4.69, 9.17) is 0 Å². The van der Waals surface area contributed by atoms with Crippen molar-refractivity contribution in [1.29, 1.82) is 0 Å². The van der Waals surface area contributed by atoms with E-state index in [-0.39, 0.29) is 6.04 Å². The van der Waals surface area contributed by atoms with Gasteiger partial charge in [-0.1, -0.05) is 6.92 Å². The maximum Gasteiger partial charge on any atom is 0.244 e. The van der Waals surface area contributed by atoms with Crippen molar-refractivity contribution in [2.24, 2.45) is 0 Å². The molecule has 1 N–H and O–H groups in total. The van der Waals surface area contributed by atoms with Gasteiger partial charge in [0.2, 0.25) is 10.0 Å². The van der Waals surface area contributed by atoms with E-state index >= 15 is 0 Å². The standard InChI is InChI=1S/C12H20N2O2S3/c1-3-13-8-11-12(4-6-18-11)19(15,16)14-5-7-17-9-10(14)2/h4,6,10,13H,3,5,7-9H2,1-2H3. The van der Waals surface area contributed by atoms with Gasteiger partial charge in [-0.3, -0.25) is 0 Å². The SMILES string of the molecule is CCNCc1sccc1S(=O)(=O)N1CCSCC1C. The average Bonchev–Trinajstić information content (AvgIpc) is 2.85. The van der Waals surface area contributed by atoms with Gasteiger partial charge in [0.05, 0.1) is 4.90 Å². The Bertz CT molecular complexity index is 513. The van der Waals surface area contributed by atoms with Crippen LogP contribution in [0, 0.1) is 0 Å². The lowest BCUT2D eigenvalue weighted by atomic mass is 10.4. The molecule has 1 atom stereocenters. The maximum atomic E-state index is 12.7. The van der Waals surface area contributed by atoms with Gasteiger partial charge in [0.15, 0.2) is 0 Å². The van der Waals surface area contributed by atoms with E-state index in [9.17, 15) is 8.42 Å². The number of hydrogen-bond donors (Lipinski definition) is 1. The molecule has 0 aromatic carbocycles. The van der Waals surface area contributed by atoms with Gasteiger partial charge in [-0.25, -0.2) is 8.42 Å². The molecule has 0 radical (unpaired) electrons. The lowest BCUT2D eigenvalue weighted by molar-refractivity contribution is 0.367. The quantitative estimate of drug-likeness (QED) is 0.901. The summed E-state index contributed by atoms with van der Waals surface area (Å²) in [5, 5.41) is 5.06. The summed E-state index contributed by atoms with van der Waals surface area (Å²) >= 11 is 3.33. The van der Waals surface area contributed by atoms with Crippen LogP contribution >= 0.6 is 23.1 Å².